The minimum Gasteiger partial charge on any atom is -0.496 e. The largest absolute Gasteiger partial charge is 0.496 e. The number of hydrazone groups is 1. The molecule has 0 aliphatic rings. The predicted molar refractivity (Wildman–Crippen MR) is 84.2 cm³/mol. The van der Waals surface area contributed by atoms with Crippen molar-refractivity contribution in [3.8, 4) is 5.75 Å². The molecule has 0 aliphatic heterocycles. The van der Waals surface area contributed by atoms with Crippen LogP contribution in [0.4, 0.5) is 0 Å². The number of carbonyl (C=O) groups excluding carboxylic acids is 1. The summed E-state index contributed by atoms with van der Waals surface area (Å²) in [5, 5.41) is 4.52. The Labute approximate surface area is 128 Å². The normalized spacial score (nSPS) is 10.6. The minimum atomic E-state index is -0.259. The number of hydrogen-bond donors (Lipinski definition) is 1. The van der Waals surface area contributed by atoms with Crippen molar-refractivity contribution in [2.75, 3.05) is 7.11 Å². The van der Waals surface area contributed by atoms with Crippen molar-refractivity contribution >= 4 is 23.7 Å². The summed E-state index contributed by atoms with van der Waals surface area (Å²) in [7, 11) is 1.56. The van der Waals surface area contributed by atoms with Crippen molar-refractivity contribution in [2.45, 2.75) is 6.92 Å². The van der Waals surface area contributed by atoms with Crippen molar-refractivity contribution in [3.05, 3.63) is 64.2 Å². The quantitative estimate of drug-likeness (QED) is 0.695. The van der Waals surface area contributed by atoms with Gasteiger partial charge in [-0.15, -0.1) is 0 Å². The number of halogens is 1. The van der Waals surface area contributed by atoms with Gasteiger partial charge in [-0.05, 0) is 36.8 Å². The van der Waals surface area contributed by atoms with Gasteiger partial charge in [-0.3, -0.25) is 4.79 Å². The summed E-state index contributed by atoms with van der Waals surface area (Å²) < 4.78 is 5.20. The smallest absolute Gasteiger partial charge is 0.271 e. The molecule has 108 valence electrons. The van der Waals surface area contributed by atoms with Gasteiger partial charge in [0.05, 0.1) is 13.3 Å². The van der Waals surface area contributed by atoms with Gasteiger partial charge in [-0.2, -0.15) is 5.10 Å². The van der Waals surface area contributed by atoms with E-state index in [0.717, 1.165) is 5.56 Å². The Bertz CT molecular complexity index is 684. The second kappa shape index (κ2) is 6.90. The Hall–Kier alpha value is -2.33. The molecular weight excluding hydrogens is 288 g/mol. The van der Waals surface area contributed by atoms with Crippen LogP contribution in [0, 0.1) is 6.92 Å². The summed E-state index contributed by atoms with van der Waals surface area (Å²) in [5.74, 6) is 0.374. The van der Waals surface area contributed by atoms with Gasteiger partial charge in [-0.1, -0.05) is 29.8 Å². The number of amides is 1. The molecule has 0 radical (unpaired) electrons. The Morgan fingerprint density at radius 1 is 1.29 bits per heavy atom. The fourth-order valence-electron chi connectivity index (χ4n) is 1.85. The van der Waals surface area contributed by atoms with Crippen LogP contribution in [0.5, 0.6) is 5.75 Å². The predicted octanol–water partition coefficient (Wildman–Crippen LogP) is 3.42. The molecule has 5 heteroatoms. The maximum absolute atomic E-state index is 12.0. The number of rotatable bonds is 4. The van der Waals surface area contributed by atoms with Gasteiger partial charge in [-0.25, -0.2) is 5.43 Å². The lowest BCUT2D eigenvalue weighted by molar-refractivity contribution is 0.0954. The molecule has 0 spiro atoms. The molecule has 0 fully saturated rings. The summed E-state index contributed by atoms with van der Waals surface area (Å²) in [6.07, 6.45) is 1.50. The molecule has 0 aromatic heterocycles. The van der Waals surface area contributed by atoms with Crippen LogP contribution >= 0.6 is 11.6 Å². The Morgan fingerprint density at radius 3 is 2.76 bits per heavy atom. The van der Waals surface area contributed by atoms with Crippen molar-refractivity contribution in [2.24, 2.45) is 5.10 Å². The highest BCUT2D eigenvalue weighted by Crippen LogP contribution is 2.20. The molecule has 4 nitrogen and oxygen atoms in total. The van der Waals surface area contributed by atoms with Gasteiger partial charge in [0.15, 0.2) is 0 Å². The lowest BCUT2D eigenvalue weighted by Crippen LogP contribution is -2.18. The fourth-order valence-corrected chi connectivity index (χ4v) is 2.03. The summed E-state index contributed by atoms with van der Waals surface area (Å²) in [6, 6.07) is 12.5. The highest BCUT2D eigenvalue weighted by molar-refractivity contribution is 6.30. The van der Waals surface area contributed by atoms with Crippen molar-refractivity contribution in [1.29, 1.82) is 0 Å². The number of benzene rings is 2. The first kappa shape index (κ1) is 15.1. The van der Waals surface area contributed by atoms with E-state index in [9.17, 15) is 4.79 Å². The van der Waals surface area contributed by atoms with Crippen LogP contribution in [-0.2, 0) is 0 Å². The van der Waals surface area contributed by atoms with Gasteiger partial charge in [0, 0.05) is 16.1 Å². The molecule has 0 heterocycles. The zero-order valence-corrected chi connectivity index (χ0v) is 12.5. The van der Waals surface area contributed by atoms with Gasteiger partial charge >= 0.3 is 0 Å². The van der Waals surface area contributed by atoms with Crippen LogP contribution in [0.15, 0.2) is 47.6 Å². The van der Waals surface area contributed by atoms with Crippen molar-refractivity contribution < 1.29 is 9.53 Å². The molecule has 2 aromatic carbocycles. The van der Waals surface area contributed by atoms with Gasteiger partial charge < -0.3 is 4.74 Å². The van der Waals surface area contributed by atoms with Gasteiger partial charge in [0.2, 0.25) is 0 Å². The molecule has 0 atom stereocenters. The molecule has 0 bridgehead atoms. The van der Waals surface area contributed by atoms with Crippen LogP contribution < -0.4 is 10.2 Å². The molecule has 2 rings (SSSR count). The molecule has 21 heavy (non-hydrogen) atoms. The Balaban J connectivity index is 2.11. The highest BCUT2D eigenvalue weighted by atomic mass is 35.5. The fraction of sp³-hybridized carbons (Fsp3) is 0.125. The number of ether oxygens (including phenoxy) is 1. The summed E-state index contributed by atoms with van der Waals surface area (Å²) in [4.78, 5) is 12.0. The SMILES string of the molecule is COc1ccc(Cl)cc1/C=N\NC(=O)c1ccccc1C. The average Bonchev–Trinajstić information content (AvgIpc) is 2.48. The number of nitrogens with one attached hydrogen (secondary N) is 1. The zero-order valence-electron chi connectivity index (χ0n) is 11.8. The van der Waals surface area contributed by atoms with Crippen molar-refractivity contribution in [1.82, 2.24) is 5.43 Å². The van der Waals surface area contributed by atoms with Crippen LogP contribution in [-0.4, -0.2) is 19.2 Å². The van der Waals surface area contributed by atoms with E-state index in [1.54, 1.807) is 31.4 Å². The molecule has 0 aliphatic carbocycles. The minimum absolute atomic E-state index is 0.259. The van der Waals surface area contributed by atoms with E-state index in [2.05, 4.69) is 10.5 Å². The lowest BCUT2D eigenvalue weighted by Gasteiger charge is -2.05. The van der Waals surface area contributed by atoms with Crippen LogP contribution in [0.1, 0.15) is 21.5 Å². The first-order chi connectivity index (χ1) is 10.1. The third kappa shape index (κ3) is 3.83. The Kier molecular flexibility index (Phi) is 4.95. The third-order valence-corrected chi connectivity index (χ3v) is 3.19. The van der Waals surface area contributed by atoms with E-state index in [1.807, 2.05) is 25.1 Å². The first-order valence-corrected chi connectivity index (χ1v) is 6.72. The monoisotopic (exact) mass is 302 g/mol. The first-order valence-electron chi connectivity index (χ1n) is 6.34. The average molecular weight is 303 g/mol. The third-order valence-electron chi connectivity index (χ3n) is 2.95. The highest BCUT2D eigenvalue weighted by Gasteiger charge is 2.06. The van der Waals surface area contributed by atoms with E-state index < -0.39 is 0 Å². The molecule has 0 unspecified atom stereocenters. The number of carbonyl (C=O) groups is 1. The molecule has 0 saturated carbocycles. The lowest BCUT2D eigenvalue weighted by atomic mass is 10.1. The molecular formula is C16H15ClN2O2. The summed E-state index contributed by atoms with van der Waals surface area (Å²) >= 11 is 5.93. The molecule has 0 saturated heterocycles. The number of methoxy groups -OCH3 is 1. The molecule has 1 amide bonds. The van der Waals surface area contributed by atoms with E-state index in [4.69, 9.17) is 16.3 Å². The maximum atomic E-state index is 12.0. The van der Waals surface area contributed by atoms with E-state index in [1.165, 1.54) is 6.21 Å². The van der Waals surface area contributed by atoms with Crippen LogP contribution in [0.3, 0.4) is 0 Å². The van der Waals surface area contributed by atoms with Crippen molar-refractivity contribution in [3.63, 3.8) is 0 Å². The van der Waals surface area contributed by atoms with Crippen LogP contribution in [0.2, 0.25) is 5.02 Å². The summed E-state index contributed by atoms with van der Waals surface area (Å²) in [5.41, 5.74) is 4.67. The Morgan fingerprint density at radius 2 is 2.05 bits per heavy atom. The van der Waals surface area contributed by atoms with Gasteiger partial charge in [0.1, 0.15) is 5.75 Å². The molecule has 1 N–H and O–H groups in total. The molecule has 2 aromatic rings. The summed E-state index contributed by atoms with van der Waals surface area (Å²) in [6.45, 7) is 1.87. The van der Waals surface area contributed by atoms with E-state index in [-0.39, 0.29) is 5.91 Å². The van der Waals surface area contributed by atoms with E-state index >= 15 is 0 Å². The second-order valence-electron chi connectivity index (χ2n) is 4.40. The number of aryl methyl sites for hydroxylation is 1. The maximum Gasteiger partial charge on any atom is 0.271 e. The number of nitrogens with zero attached hydrogens (tertiary/aromatic N) is 1. The zero-order chi connectivity index (χ0) is 15.2. The second-order valence-corrected chi connectivity index (χ2v) is 4.84. The topological polar surface area (TPSA) is 50.7 Å². The van der Waals surface area contributed by atoms with E-state index in [0.29, 0.717) is 21.9 Å². The standard InChI is InChI=1S/C16H15ClN2O2/c1-11-5-3-4-6-14(11)16(20)19-18-10-12-9-13(17)7-8-15(12)21-2/h3-10H,1-2H3,(H,19,20)/b18-10-. The van der Waals surface area contributed by atoms with Crippen LogP contribution in [0.25, 0.3) is 0 Å². The van der Waals surface area contributed by atoms with Gasteiger partial charge in [0.25, 0.3) is 5.91 Å². The number of hydrogen-bond acceptors (Lipinski definition) is 3.